The third-order valence-electron chi connectivity index (χ3n) is 3.83. The molecule has 23 heavy (non-hydrogen) atoms. The molecule has 0 fully saturated rings. The molecule has 0 saturated carbocycles. The average molecular weight is 300 g/mol. The van der Waals surface area contributed by atoms with Crippen LogP contribution in [0.2, 0.25) is 0 Å². The SMILES string of the molecule is Cc1ccc(Cn2c(-c3ccccc3)ccc(C#N)c2=O)cc1. The molecule has 0 aliphatic heterocycles. The second kappa shape index (κ2) is 6.33. The summed E-state index contributed by atoms with van der Waals surface area (Å²) in [6.07, 6.45) is 0. The smallest absolute Gasteiger partial charge is 0.269 e. The molecule has 0 saturated heterocycles. The van der Waals surface area contributed by atoms with Crippen LogP contribution < -0.4 is 5.56 Å². The van der Waals surface area contributed by atoms with E-state index in [-0.39, 0.29) is 11.1 Å². The number of rotatable bonds is 3. The molecule has 3 nitrogen and oxygen atoms in total. The lowest BCUT2D eigenvalue weighted by Crippen LogP contribution is -2.24. The lowest BCUT2D eigenvalue weighted by atomic mass is 10.1. The van der Waals surface area contributed by atoms with E-state index in [0.717, 1.165) is 16.8 Å². The Morgan fingerprint density at radius 1 is 0.957 bits per heavy atom. The van der Waals surface area contributed by atoms with Crippen molar-refractivity contribution in [2.75, 3.05) is 0 Å². The Hall–Kier alpha value is -3.12. The summed E-state index contributed by atoms with van der Waals surface area (Å²) in [5, 5.41) is 9.14. The number of aryl methyl sites for hydroxylation is 1. The fraction of sp³-hybridized carbons (Fsp3) is 0.100. The maximum Gasteiger partial charge on any atom is 0.269 e. The van der Waals surface area contributed by atoms with Crippen LogP contribution >= 0.6 is 0 Å². The van der Waals surface area contributed by atoms with Crippen molar-refractivity contribution in [3.05, 3.63) is 93.8 Å². The predicted molar refractivity (Wildman–Crippen MR) is 91.1 cm³/mol. The summed E-state index contributed by atoms with van der Waals surface area (Å²) in [4.78, 5) is 12.6. The van der Waals surface area contributed by atoms with Crippen LogP contribution in [0.3, 0.4) is 0 Å². The molecule has 0 spiro atoms. The average Bonchev–Trinajstić information content (AvgIpc) is 2.59. The molecule has 0 radical (unpaired) electrons. The molecule has 0 aliphatic carbocycles. The first kappa shape index (κ1) is 14.8. The highest BCUT2D eigenvalue weighted by Gasteiger charge is 2.10. The summed E-state index contributed by atoms with van der Waals surface area (Å²) >= 11 is 0. The van der Waals surface area contributed by atoms with E-state index in [2.05, 4.69) is 0 Å². The molecule has 1 aromatic heterocycles. The van der Waals surface area contributed by atoms with Crippen molar-refractivity contribution in [1.29, 1.82) is 5.26 Å². The second-order valence-corrected chi connectivity index (χ2v) is 5.49. The van der Waals surface area contributed by atoms with Crippen LogP contribution in [0.4, 0.5) is 0 Å². The third kappa shape index (κ3) is 3.07. The van der Waals surface area contributed by atoms with Crippen LogP contribution in [0.1, 0.15) is 16.7 Å². The number of aromatic nitrogens is 1. The van der Waals surface area contributed by atoms with Crippen LogP contribution in [0.5, 0.6) is 0 Å². The Labute approximate surface area is 135 Å². The lowest BCUT2D eigenvalue weighted by molar-refractivity contribution is 0.765. The molecule has 1 heterocycles. The van der Waals surface area contributed by atoms with Gasteiger partial charge >= 0.3 is 0 Å². The van der Waals surface area contributed by atoms with Crippen molar-refractivity contribution in [2.45, 2.75) is 13.5 Å². The predicted octanol–water partition coefficient (Wildman–Crippen LogP) is 3.74. The summed E-state index contributed by atoms with van der Waals surface area (Å²) in [6, 6.07) is 23.2. The molecule has 2 aromatic carbocycles. The second-order valence-electron chi connectivity index (χ2n) is 5.49. The van der Waals surface area contributed by atoms with Crippen molar-refractivity contribution in [3.8, 4) is 17.3 Å². The molecule has 0 amide bonds. The Morgan fingerprint density at radius 3 is 2.30 bits per heavy atom. The maximum absolute atomic E-state index is 12.6. The zero-order chi connectivity index (χ0) is 16.2. The molecular weight excluding hydrogens is 284 g/mol. The van der Waals surface area contributed by atoms with Crippen molar-refractivity contribution >= 4 is 0 Å². The van der Waals surface area contributed by atoms with E-state index in [0.29, 0.717) is 6.54 Å². The first-order chi connectivity index (χ1) is 11.2. The molecule has 0 bridgehead atoms. The highest BCUT2D eigenvalue weighted by atomic mass is 16.1. The zero-order valence-electron chi connectivity index (χ0n) is 12.9. The fourth-order valence-electron chi connectivity index (χ4n) is 2.56. The summed E-state index contributed by atoms with van der Waals surface area (Å²) in [5.41, 5.74) is 3.89. The van der Waals surface area contributed by atoms with Crippen molar-refractivity contribution in [1.82, 2.24) is 4.57 Å². The van der Waals surface area contributed by atoms with Gasteiger partial charge in [0, 0.05) is 0 Å². The largest absolute Gasteiger partial charge is 0.303 e. The van der Waals surface area contributed by atoms with Gasteiger partial charge in [0.15, 0.2) is 0 Å². The van der Waals surface area contributed by atoms with Crippen molar-refractivity contribution in [2.24, 2.45) is 0 Å². The highest BCUT2D eigenvalue weighted by Crippen LogP contribution is 2.19. The lowest BCUT2D eigenvalue weighted by Gasteiger charge is -2.14. The van der Waals surface area contributed by atoms with Gasteiger partial charge in [-0.1, -0.05) is 60.2 Å². The molecule has 3 aromatic rings. The monoisotopic (exact) mass is 300 g/mol. The van der Waals surface area contributed by atoms with Crippen LogP contribution in [-0.4, -0.2) is 4.57 Å². The molecular formula is C20H16N2O. The van der Waals surface area contributed by atoms with E-state index in [9.17, 15) is 4.79 Å². The van der Waals surface area contributed by atoms with Gasteiger partial charge in [-0.05, 0) is 30.2 Å². The van der Waals surface area contributed by atoms with Gasteiger partial charge in [0.25, 0.3) is 5.56 Å². The van der Waals surface area contributed by atoms with E-state index in [1.165, 1.54) is 5.56 Å². The zero-order valence-corrected chi connectivity index (χ0v) is 12.9. The molecule has 0 aliphatic rings. The highest BCUT2D eigenvalue weighted by molar-refractivity contribution is 5.60. The topological polar surface area (TPSA) is 45.8 Å². The van der Waals surface area contributed by atoms with Crippen LogP contribution in [-0.2, 0) is 6.54 Å². The standard InChI is InChI=1S/C20H16N2O/c1-15-7-9-16(10-8-15)14-22-19(17-5-3-2-4-6-17)12-11-18(13-21)20(22)23/h2-12H,14H2,1H3. The Morgan fingerprint density at radius 2 is 1.65 bits per heavy atom. The normalized spacial score (nSPS) is 10.3. The third-order valence-corrected chi connectivity index (χ3v) is 3.83. The number of nitrogens with zero attached hydrogens (tertiary/aromatic N) is 2. The number of hydrogen-bond donors (Lipinski definition) is 0. The van der Waals surface area contributed by atoms with Gasteiger partial charge in [-0.25, -0.2) is 0 Å². The van der Waals surface area contributed by atoms with E-state index >= 15 is 0 Å². The van der Waals surface area contributed by atoms with Crippen LogP contribution in [0.15, 0.2) is 71.5 Å². The Balaban J connectivity index is 2.14. The van der Waals surface area contributed by atoms with Gasteiger partial charge in [0.1, 0.15) is 11.6 Å². The van der Waals surface area contributed by atoms with Gasteiger partial charge < -0.3 is 4.57 Å². The molecule has 0 unspecified atom stereocenters. The first-order valence-electron chi connectivity index (χ1n) is 7.44. The number of nitriles is 1. The van der Waals surface area contributed by atoms with Crippen LogP contribution in [0, 0.1) is 18.3 Å². The molecule has 3 rings (SSSR count). The minimum absolute atomic E-state index is 0.164. The van der Waals surface area contributed by atoms with E-state index in [4.69, 9.17) is 5.26 Å². The van der Waals surface area contributed by atoms with E-state index in [1.807, 2.05) is 73.7 Å². The fourth-order valence-corrected chi connectivity index (χ4v) is 2.56. The Kier molecular flexibility index (Phi) is 4.07. The van der Waals surface area contributed by atoms with Gasteiger partial charge in [-0.2, -0.15) is 5.26 Å². The van der Waals surface area contributed by atoms with Crippen molar-refractivity contribution in [3.63, 3.8) is 0 Å². The first-order valence-corrected chi connectivity index (χ1v) is 7.44. The van der Waals surface area contributed by atoms with Crippen LogP contribution in [0.25, 0.3) is 11.3 Å². The molecule has 112 valence electrons. The summed E-state index contributed by atoms with van der Waals surface area (Å²) < 4.78 is 1.67. The maximum atomic E-state index is 12.6. The van der Waals surface area contributed by atoms with Gasteiger partial charge in [0.2, 0.25) is 0 Å². The number of benzene rings is 2. The molecule has 3 heteroatoms. The van der Waals surface area contributed by atoms with E-state index < -0.39 is 0 Å². The summed E-state index contributed by atoms with van der Waals surface area (Å²) in [5.74, 6) is 0. The van der Waals surface area contributed by atoms with E-state index in [1.54, 1.807) is 10.6 Å². The Bertz CT molecular complexity index is 917. The quantitative estimate of drug-likeness (QED) is 0.739. The molecule has 0 N–H and O–H groups in total. The van der Waals surface area contributed by atoms with Crippen molar-refractivity contribution < 1.29 is 0 Å². The van der Waals surface area contributed by atoms with Gasteiger partial charge in [-0.15, -0.1) is 0 Å². The summed E-state index contributed by atoms with van der Waals surface area (Å²) in [7, 11) is 0. The number of hydrogen-bond acceptors (Lipinski definition) is 2. The van der Waals surface area contributed by atoms with Gasteiger partial charge in [0.05, 0.1) is 12.2 Å². The molecule has 0 atom stereocenters. The minimum atomic E-state index is -0.255. The number of pyridine rings is 1. The van der Waals surface area contributed by atoms with Gasteiger partial charge in [-0.3, -0.25) is 4.79 Å². The minimum Gasteiger partial charge on any atom is -0.303 e. The summed E-state index contributed by atoms with van der Waals surface area (Å²) in [6.45, 7) is 2.47.